The first kappa shape index (κ1) is 22.5. The van der Waals surface area contributed by atoms with Crippen LogP contribution in [-0.2, 0) is 20.8 Å². The molecule has 1 aliphatic heterocycles. The largest absolute Gasteiger partial charge is 0.483 e. The second kappa shape index (κ2) is 10.2. The third-order valence-electron chi connectivity index (χ3n) is 6.08. The number of piperazine rings is 1. The van der Waals surface area contributed by atoms with E-state index in [4.69, 9.17) is 9.90 Å². The van der Waals surface area contributed by atoms with E-state index in [1.54, 1.807) is 23.1 Å². The van der Waals surface area contributed by atoms with Crippen molar-refractivity contribution >= 4 is 30.0 Å². The van der Waals surface area contributed by atoms with Crippen LogP contribution >= 0.6 is 0 Å². The number of ketones is 1. The summed E-state index contributed by atoms with van der Waals surface area (Å²) >= 11 is 0. The molecule has 3 N–H and O–H groups in total. The van der Waals surface area contributed by atoms with E-state index in [2.05, 4.69) is 10.6 Å². The van der Waals surface area contributed by atoms with Crippen LogP contribution in [-0.4, -0.2) is 65.7 Å². The number of nitrogens with zero attached hydrogens (tertiary/aromatic N) is 1. The van der Waals surface area contributed by atoms with Crippen LogP contribution in [0.2, 0.25) is 0 Å². The number of carbonyl (C=O) groups excluding carboxylic acids is 4. The lowest BCUT2D eigenvalue weighted by molar-refractivity contribution is -0.142. The quantitative estimate of drug-likeness (QED) is 0.608. The summed E-state index contributed by atoms with van der Waals surface area (Å²) < 4.78 is 0. The number of amides is 3. The van der Waals surface area contributed by atoms with Crippen molar-refractivity contribution in [2.24, 2.45) is 5.92 Å². The molecule has 0 radical (unpaired) electrons. The Hall–Kier alpha value is -3.23. The van der Waals surface area contributed by atoms with Crippen molar-refractivity contribution in [1.29, 1.82) is 0 Å². The van der Waals surface area contributed by atoms with Crippen molar-refractivity contribution in [3.8, 4) is 0 Å². The third kappa shape index (κ3) is 5.28. The molecule has 3 amide bonds. The molecule has 1 saturated heterocycles. The van der Waals surface area contributed by atoms with Gasteiger partial charge in [-0.2, -0.15) is 0 Å². The van der Waals surface area contributed by atoms with Crippen LogP contribution in [0.25, 0.3) is 0 Å². The number of carbonyl (C=O) groups is 5. The third-order valence-corrected chi connectivity index (χ3v) is 6.08. The molecule has 0 aromatic heterocycles. The highest BCUT2D eigenvalue weighted by Crippen LogP contribution is 2.28. The predicted octanol–water partition coefficient (Wildman–Crippen LogP) is 0.763. The highest BCUT2D eigenvalue weighted by molar-refractivity contribution is 6.05. The van der Waals surface area contributed by atoms with Crippen LogP contribution in [0.4, 0.5) is 0 Å². The minimum Gasteiger partial charge on any atom is -0.483 e. The number of nitrogens with one attached hydrogen (secondary N) is 2. The summed E-state index contributed by atoms with van der Waals surface area (Å²) in [6.45, 7) is 0.978. The van der Waals surface area contributed by atoms with Gasteiger partial charge >= 0.3 is 0 Å². The van der Waals surface area contributed by atoms with E-state index in [1.807, 2.05) is 0 Å². The molecule has 3 aliphatic rings. The van der Waals surface area contributed by atoms with E-state index in [9.17, 15) is 19.2 Å². The normalized spacial score (nSPS) is 22.5. The Labute approximate surface area is 180 Å². The molecule has 9 heteroatoms. The van der Waals surface area contributed by atoms with Gasteiger partial charge in [-0.25, -0.2) is 0 Å². The van der Waals surface area contributed by atoms with Gasteiger partial charge in [0.25, 0.3) is 12.4 Å². The number of fused-ring (bicyclic) bond motifs is 1. The van der Waals surface area contributed by atoms with Crippen LogP contribution in [0.5, 0.6) is 0 Å². The Balaban J connectivity index is 0.000000858. The van der Waals surface area contributed by atoms with Crippen molar-refractivity contribution < 1.29 is 29.1 Å². The lowest BCUT2D eigenvalue weighted by Gasteiger charge is -2.34. The molecule has 31 heavy (non-hydrogen) atoms. The summed E-state index contributed by atoms with van der Waals surface area (Å²) in [4.78, 5) is 58.8. The zero-order chi connectivity index (χ0) is 22.4. The summed E-state index contributed by atoms with van der Waals surface area (Å²) in [6.07, 6.45) is 4.02. The summed E-state index contributed by atoms with van der Waals surface area (Å²) in [7, 11) is 0. The van der Waals surface area contributed by atoms with Crippen molar-refractivity contribution in [3.63, 3.8) is 0 Å². The first-order valence-corrected chi connectivity index (χ1v) is 10.5. The Morgan fingerprint density at radius 1 is 1.13 bits per heavy atom. The van der Waals surface area contributed by atoms with Crippen molar-refractivity contribution in [1.82, 2.24) is 15.5 Å². The van der Waals surface area contributed by atoms with Gasteiger partial charge < -0.3 is 20.6 Å². The number of hydrogen-bond donors (Lipinski definition) is 3. The fourth-order valence-electron chi connectivity index (χ4n) is 4.54. The van der Waals surface area contributed by atoms with Gasteiger partial charge in [-0.05, 0) is 43.7 Å². The Kier molecular flexibility index (Phi) is 7.38. The number of Topliss-reactive ketones (excluding diaryl/α,β-unsaturated/α-hetero) is 1. The number of hydrogen-bond acceptors (Lipinski definition) is 5. The summed E-state index contributed by atoms with van der Waals surface area (Å²) in [5, 5.41) is 12.7. The summed E-state index contributed by atoms with van der Waals surface area (Å²) in [6, 6.07) is 5.37. The summed E-state index contributed by atoms with van der Waals surface area (Å²) in [5.41, 5.74) is 2.13. The van der Waals surface area contributed by atoms with Gasteiger partial charge in [-0.3, -0.25) is 24.0 Å². The number of benzene rings is 1. The maximum atomic E-state index is 12.7. The van der Waals surface area contributed by atoms with Gasteiger partial charge in [-0.1, -0.05) is 12.1 Å². The molecule has 0 atom stereocenters. The molecule has 0 bridgehead atoms. The molecule has 2 aliphatic carbocycles. The predicted molar refractivity (Wildman–Crippen MR) is 111 cm³/mol. The Morgan fingerprint density at radius 3 is 2.52 bits per heavy atom. The van der Waals surface area contributed by atoms with E-state index in [1.165, 1.54) is 0 Å². The van der Waals surface area contributed by atoms with Gasteiger partial charge in [0, 0.05) is 42.6 Å². The minimum absolute atomic E-state index is 0.0363. The molecule has 9 nitrogen and oxygen atoms in total. The summed E-state index contributed by atoms with van der Waals surface area (Å²) in [5.74, 6) is -0.143. The molecule has 1 heterocycles. The molecule has 0 unspecified atom stereocenters. The second-order valence-electron chi connectivity index (χ2n) is 7.99. The highest BCUT2D eigenvalue weighted by atomic mass is 16.3. The van der Waals surface area contributed by atoms with Crippen LogP contribution in [0.3, 0.4) is 0 Å². The fourth-order valence-corrected chi connectivity index (χ4v) is 4.54. The van der Waals surface area contributed by atoms with E-state index < -0.39 is 0 Å². The van der Waals surface area contributed by atoms with Gasteiger partial charge in [-0.15, -0.1) is 0 Å². The Bertz CT molecular complexity index is 876. The topological polar surface area (TPSA) is 133 Å². The molecular weight excluding hydrogens is 402 g/mol. The monoisotopic (exact) mass is 429 g/mol. The van der Waals surface area contributed by atoms with Crippen LogP contribution in [0.15, 0.2) is 18.2 Å². The number of carboxylic acid groups (broad SMARTS) is 1. The molecule has 166 valence electrons. The molecule has 2 fully saturated rings. The number of rotatable bonds is 3. The zero-order valence-electron chi connectivity index (χ0n) is 17.3. The van der Waals surface area contributed by atoms with Crippen LogP contribution < -0.4 is 10.6 Å². The van der Waals surface area contributed by atoms with Crippen molar-refractivity contribution in [2.75, 3.05) is 19.6 Å². The smallest absolute Gasteiger partial charge is 0.290 e. The molecule has 1 aromatic carbocycles. The van der Waals surface area contributed by atoms with Gasteiger partial charge in [0.05, 0.1) is 6.54 Å². The average molecular weight is 429 g/mol. The standard InChI is InChI=1S/C21H25N3O4.CH2O2/c25-18-9-8-15-16(18)2-1-3-17(15)20(27)23-14-6-4-13(5-7-14)21(28)24-11-10-22-19(26)12-24;2-1-3/h1-3,13-14H,4-12H2,(H,22,26)(H,23,27);1H,(H,2,3). The zero-order valence-corrected chi connectivity index (χ0v) is 17.3. The first-order chi connectivity index (χ1) is 14.9. The second-order valence-corrected chi connectivity index (χ2v) is 7.99. The van der Waals surface area contributed by atoms with E-state index in [0.717, 1.165) is 18.4 Å². The fraction of sp³-hybridized carbons (Fsp3) is 0.500. The SMILES string of the molecule is O=C1CN(C(=O)C2CCC(NC(=O)c3cccc4c3CCC4=O)CC2)CCN1.O=CO. The van der Waals surface area contributed by atoms with E-state index in [0.29, 0.717) is 49.9 Å². The Morgan fingerprint density at radius 2 is 1.84 bits per heavy atom. The lowest BCUT2D eigenvalue weighted by atomic mass is 9.84. The molecular formula is C22H27N3O6. The lowest BCUT2D eigenvalue weighted by Crippen LogP contribution is -2.52. The molecule has 1 aromatic rings. The molecule has 1 saturated carbocycles. The minimum atomic E-state index is -0.250. The van der Waals surface area contributed by atoms with E-state index in [-0.39, 0.29) is 48.5 Å². The highest BCUT2D eigenvalue weighted by Gasteiger charge is 2.32. The maximum absolute atomic E-state index is 12.7. The first-order valence-electron chi connectivity index (χ1n) is 10.5. The van der Waals surface area contributed by atoms with E-state index >= 15 is 0 Å². The van der Waals surface area contributed by atoms with Gasteiger partial charge in [0.15, 0.2) is 5.78 Å². The molecule has 0 spiro atoms. The van der Waals surface area contributed by atoms with Crippen molar-refractivity contribution in [2.45, 2.75) is 44.6 Å². The maximum Gasteiger partial charge on any atom is 0.290 e. The molecule has 4 rings (SSSR count). The van der Waals surface area contributed by atoms with Gasteiger partial charge in [0.2, 0.25) is 11.8 Å². The van der Waals surface area contributed by atoms with Gasteiger partial charge in [0.1, 0.15) is 0 Å². The van der Waals surface area contributed by atoms with Crippen molar-refractivity contribution in [3.05, 3.63) is 34.9 Å². The van der Waals surface area contributed by atoms with Crippen LogP contribution in [0.1, 0.15) is 58.4 Å². The van der Waals surface area contributed by atoms with Crippen LogP contribution in [0, 0.1) is 5.92 Å². The average Bonchev–Trinajstić information content (AvgIpc) is 3.15.